The summed E-state index contributed by atoms with van der Waals surface area (Å²) in [6, 6.07) is 16.1. The summed E-state index contributed by atoms with van der Waals surface area (Å²) in [5.41, 5.74) is 1.45. The van der Waals surface area contributed by atoms with Crippen LogP contribution in [0.2, 0.25) is 0 Å². The van der Waals surface area contributed by atoms with Gasteiger partial charge < -0.3 is 15.0 Å². The van der Waals surface area contributed by atoms with Gasteiger partial charge >= 0.3 is 0 Å². The van der Waals surface area contributed by atoms with Crippen LogP contribution in [0.4, 0.5) is 4.39 Å². The number of amides is 2. The summed E-state index contributed by atoms with van der Waals surface area (Å²) in [5, 5.41) is 9.50. The number of nitrogens with zero attached hydrogens (tertiary/aromatic N) is 2. The first-order valence-corrected chi connectivity index (χ1v) is 9.61. The maximum atomic E-state index is 13.1. The first-order valence-electron chi connectivity index (χ1n) is 9.61. The highest BCUT2D eigenvalue weighted by atomic mass is 19.1. The molecule has 154 valence electrons. The number of hydrogen-bond acceptors (Lipinski definition) is 4. The van der Waals surface area contributed by atoms with Crippen LogP contribution in [0.3, 0.4) is 0 Å². The Bertz CT molecular complexity index is 1040. The Morgan fingerprint density at radius 2 is 1.90 bits per heavy atom. The molecule has 0 radical (unpaired) electrons. The SMILES string of the molecule is CNC(=O)[C@H]1C[C@H](Oc2ccccc2)CN1C(=O)c1cc(-c2ccc(F)cc2)n[nH]1. The first-order chi connectivity index (χ1) is 14.5. The number of likely N-dealkylation sites (N-methyl/N-ethyl adjacent to an activating group) is 1. The molecule has 2 heterocycles. The molecule has 2 amide bonds. The second kappa shape index (κ2) is 8.36. The molecule has 1 aromatic heterocycles. The summed E-state index contributed by atoms with van der Waals surface area (Å²) in [4.78, 5) is 27.0. The molecule has 0 saturated carbocycles. The lowest BCUT2D eigenvalue weighted by molar-refractivity contribution is -0.124. The van der Waals surface area contributed by atoms with Crippen molar-refractivity contribution in [3.05, 3.63) is 72.2 Å². The highest BCUT2D eigenvalue weighted by Gasteiger charge is 2.41. The van der Waals surface area contributed by atoms with E-state index in [1.54, 1.807) is 25.2 Å². The molecule has 2 N–H and O–H groups in total. The summed E-state index contributed by atoms with van der Waals surface area (Å²) in [6.07, 6.45) is 0.0809. The Morgan fingerprint density at radius 3 is 2.60 bits per heavy atom. The van der Waals surface area contributed by atoms with Crippen molar-refractivity contribution in [1.29, 1.82) is 0 Å². The number of carbonyl (C=O) groups excluding carboxylic acids is 2. The van der Waals surface area contributed by atoms with E-state index in [9.17, 15) is 14.0 Å². The van der Waals surface area contributed by atoms with Gasteiger partial charge in [-0.25, -0.2) is 4.39 Å². The van der Waals surface area contributed by atoms with E-state index in [1.165, 1.54) is 17.0 Å². The number of hydrogen-bond donors (Lipinski definition) is 2. The van der Waals surface area contributed by atoms with E-state index in [2.05, 4.69) is 15.5 Å². The molecule has 8 heteroatoms. The second-order valence-corrected chi connectivity index (χ2v) is 7.05. The van der Waals surface area contributed by atoms with Gasteiger partial charge in [-0.1, -0.05) is 18.2 Å². The molecule has 1 aliphatic heterocycles. The molecule has 7 nitrogen and oxygen atoms in total. The molecular weight excluding hydrogens is 387 g/mol. The molecule has 0 unspecified atom stereocenters. The summed E-state index contributed by atoms with van der Waals surface area (Å²) in [5.74, 6) is -0.252. The van der Waals surface area contributed by atoms with Crippen LogP contribution >= 0.6 is 0 Å². The number of halogens is 1. The van der Waals surface area contributed by atoms with E-state index in [-0.39, 0.29) is 36.0 Å². The smallest absolute Gasteiger partial charge is 0.272 e. The van der Waals surface area contributed by atoms with Gasteiger partial charge in [0.2, 0.25) is 5.91 Å². The maximum absolute atomic E-state index is 13.1. The fourth-order valence-electron chi connectivity index (χ4n) is 3.57. The molecule has 30 heavy (non-hydrogen) atoms. The number of aromatic amines is 1. The van der Waals surface area contributed by atoms with Gasteiger partial charge in [0.1, 0.15) is 29.4 Å². The predicted molar refractivity (Wildman–Crippen MR) is 108 cm³/mol. The van der Waals surface area contributed by atoms with Crippen LogP contribution < -0.4 is 10.1 Å². The topological polar surface area (TPSA) is 87.3 Å². The van der Waals surface area contributed by atoms with Gasteiger partial charge in [-0.15, -0.1) is 0 Å². The van der Waals surface area contributed by atoms with Crippen molar-refractivity contribution in [3.63, 3.8) is 0 Å². The number of para-hydroxylation sites is 1. The average Bonchev–Trinajstić information content (AvgIpc) is 3.42. The van der Waals surface area contributed by atoms with E-state index in [0.29, 0.717) is 23.4 Å². The molecule has 3 aromatic rings. The van der Waals surface area contributed by atoms with Crippen molar-refractivity contribution in [2.45, 2.75) is 18.6 Å². The quantitative estimate of drug-likeness (QED) is 0.680. The van der Waals surface area contributed by atoms with Crippen LogP contribution in [0.1, 0.15) is 16.9 Å². The fourth-order valence-corrected chi connectivity index (χ4v) is 3.57. The number of H-pyrrole nitrogens is 1. The van der Waals surface area contributed by atoms with Gasteiger partial charge in [-0.2, -0.15) is 5.10 Å². The van der Waals surface area contributed by atoms with Gasteiger partial charge in [0, 0.05) is 19.0 Å². The Hall–Kier alpha value is -3.68. The molecule has 1 fully saturated rings. The highest BCUT2D eigenvalue weighted by Crippen LogP contribution is 2.26. The van der Waals surface area contributed by atoms with Gasteiger partial charge in [-0.05, 0) is 42.5 Å². The zero-order valence-electron chi connectivity index (χ0n) is 16.3. The van der Waals surface area contributed by atoms with Crippen LogP contribution in [-0.2, 0) is 4.79 Å². The number of ether oxygens (including phenoxy) is 1. The standard InChI is InChI=1S/C22H21FN4O3/c1-24-21(28)20-11-17(30-16-5-3-2-4-6-16)13-27(20)22(29)19-12-18(25-26-19)14-7-9-15(23)10-8-14/h2-10,12,17,20H,11,13H2,1H3,(H,24,28)(H,25,26)/t17-,20+/m0/s1. The Morgan fingerprint density at radius 1 is 1.17 bits per heavy atom. The molecule has 4 rings (SSSR count). The molecule has 2 aromatic carbocycles. The first kappa shape index (κ1) is 19.6. The van der Waals surface area contributed by atoms with Crippen molar-refractivity contribution in [1.82, 2.24) is 20.4 Å². The number of rotatable bonds is 5. The third-order valence-electron chi connectivity index (χ3n) is 5.07. The van der Waals surface area contributed by atoms with Gasteiger partial charge in [0.25, 0.3) is 5.91 Å². The van der Waals surface area contributed by atoms with Gasteiger partial charge in [-0.3, -0.25) is 14.7 Å². The summed E-state index contributed by atoms with van der Waals surface area (Å²) in [6.45, 7) is 0.275. The molecule has 0 aliphatic carbocycles. The lowest BCUT2D eigenvalue weighted by atomic mass is 10.1. The van der Waals surface area contributed by atoms with Crippen LogP contribution in [0.5, 0.6) is 5.75 Å². The highest BCUT2D eigenvalue weighted by molar-refractivity contribution is 5.97. The van der Waals surface area contributed by atoms with Crippen molar-refractivity contribution >= 4 is 11.8 Å². The number of likely N-dealkylation sites (tertiary alicyclic amines) is 1. The zero-order chi connectivity index (χ0) is 21.1. The van der Waals surface area contributed by atoms with Gasteiger partial charge in [0.15, 0.2) is 0 Å². The molecule has 1 aliphatic rings. The minimum absolute atomic E-state index is 0.249. The van der Waals surface area contributed by atoms with Gasteiger partial charge in [0.05, 0.1) is 12.2 Å². The maximum Gasteiger partial charge on any atom is 0.272 e. The second-order valence-electron chi connectivity index (χ2n) is 7.05. The summed E-state index contributed by atoms with van der Waals surface area (Å²) >= 11 is 0. The van der Waals surface area contributed by atoms with Crippen LogP contribution in [0.25, 0.3) is 11.3 Å². The molecular formula is C22H21FN4O3. The lowest BCUT2D eigenvalue weighted by Gasteiger charge is -2.22. The van der Waals surface area contributed by atoms with Crippen LogP contribution in [0.15, 0.2) is 60.7 Å². The van der Waals surface area contributed by atoms with Crippen molar-refractivity contribution in [3.8, 4) is 17.0 Å². The van der Waals surface area contributed by atoms with E-state index in [0.717, 1.165) is 0 Å². The van der Waals surface area contributed by atoms with Crippen LogP contribution in [-0.4, -0.2) is 52.6 Å². The largest absolute Gasteiger partial charge is 0.488 e. The van der Waals surface area contributed by atoms with E-state index >= 15 is 0 Å². The van der Waals surface area contributed by atoms with Crippen LogP contribution in [0, 0.1) is 5.82 Å². The summed E-state index contributed by atoms with van der Waals surface area (Å²) < 4.78 is 19.1. The Labute approximate surface area is 172 Å². The normalized spacial score (nSPS) is 18.3. The molecule has 0 bridgehead atoms. The molecule has 0 spiro atoms. The van der Waals surface area contributed by atoms with E-state index in [1.807, 2.05) is 30.3 Å². The minimum Gasteiger partial charge on any atom is -0.488 e. The zero-order valence-corrected chi connectivity index (χ0v) is 16.3. The Kier molecular flexibility index (Phi) is 5.47. The number of aromatic nitrogens is 2. The van der Waals surface area contributed by atoms with E-state index in [4.69, 9.17) is 4.74 Å². The van der Waals surface area contributed by atoms with E-state index < -0.39 is 6.04 Å². The number of nitrogens with one attached hydrogen (secondary N) is 2. The third kappa shape index (κ3) is 4.03. The molecule has 1 saturated heterocycles. The van der Waals surface area contributed by atoms with Crippen molar-refractivity contribution in [2.75, 3.05) is 13.6 Å². The molecule has 2 atom stereocenters. The monoisotopic (exact) mass is 408 g/mol. The van der Waals surface area contributed by atoms with Crippen molar-refractivity contribution < 1.29 is 18.7 Å². The summed E-state index contributed by atoms with van der Waals surface area (Å²) in [7, 11) is 1.54. The fraction of sp³-hybridized carbons (Fsp3) is 0.227. The third-order valence-corrected chi connectivity index (χ3v) is 5.07. The lowest BCUT2D eigenvalue weighted by Crippen LogP contribution is -2.45. The Balaban J connectivity index is 1.53. The minimum atomic E-state index is -0.645. The predicted octanol–water partition coefficient (Wildman–Crippen LogP) is 2.62. The average molecular weight is 408 g/mol. The number of benzene rings is 2. The number of carbonyl (C=O) groups is 2. The van der Waals surface area contributed by atoms with Crippen molar-refractivity contribution in [2.24, 2.45) is 0 Å².